The number of carbonyl (C=O) groups excluding carboxylic acids is 1. The third-order valence-corrected chi connectivity index (χ3v) is 4.15. The first kappa shape index (κ1) is 21.8. The molecule has 0 atom stereocenters. The van der Waals surface area contributed by atoms with Gasteiger partial charge in [0.25, 0.3) is 0 Å². The van der Waals surface area contributed by atoms with Gasteiger partial charge in [-0.1, -0.05) is 25.4 Å². The average Bonchev–Trinajstić information content (AvgIpc) is 2.58. The van der Waals surface area contributed by atoms with Crippen LogP contribution in [-0.2, 0) is 4.79 Å². The number of hydrogen-bond donors (Lipinski definition) is 2. The number of benzene rings is 1. The van der Waals surface area contributed by atoms with E-state index in [4.69, 9.17) is 17.3 Å². The zero-order valence-corrected chi connectivity index (χ0v) is 17.8. The number of nitrogens with zero attached hydrogens (tertiary/aromatic N) is 3. The molecule has 0 radical (unpaired) electrons. The minimum atomic E-state index is 0. The minimum absolute atomic E-state index is 0. The summed E-state index contributed by atoms with van der Waals surface area (Å²) in [7, 11) is 0. The normalized spacial score (nSPS) is 15.1. The first-order valence-electron chi connectivity index (χ1n) is 8.28. The number of hydrogen-bond acceptors (Lipinski definition) is 3. The fraction of sp³-hybridized carbons (Fsp3) is 0.529. The Balaban J connectivity index is 0.00000312. The lowest BCUT2D eigenvalue weighted by atomic mass is 10.2. The second kappa shape index (κ2) is 10.7. The highest BCUT2D eigenvalue weighted by molar-refractivity contribution is 14.0. The number of carbonyl (C=O) groups is 1. The highest BCUT2D eigenvalue weighted by Crippen LogP contribution is 2.19. The van der Waals surface area contributed by atoms with E-state index in [2.05, 4.69) is 29.1 Å². The molecule has 0 bridgehead atoms. The predicted molar refractivity (Wildman–Crippen MR) is 115 cm³/mol. The molecule has 1 aromatic carbocycles. The SMILES string of the molecule is CC(C)CNC(N)=NCC(=O)N1CCN(c2ccc(Cl)cc2)CC1.I. The summed E-state index contributed by atoms with van der Waals surface area (Å²) in [6.45, 7) is 8.02. The van der Waals surface area contributed by atoms with E-state index in [0.29, 0.717) is 25.0 Å². The van der Waals surface area contributed by atoms with E-state index in [1.807, 2.05) is 29.2 Å². The highest BCUT2D eigenvalue weighted by atomic mass is 127. The molecule has 0 aliphatic carbocycles. The van der Waals surface area contributed by atoms with Crippen molar-refractivity contribution in [3.63, 3.8) is 0 Å². The van der Waals surface area contributed by atoms with E-state index in [1.165, 1.54) is 0 Å². The molecular weight excluding hydrogens is 453 g/mol. The van der Waals surface area contributed by atoms with Crippen LogP contribution in [0.1, 0.15) is 13.8 Å². The molecule has 1 saturated heterocycles. The van der Waals surface area contributed by atoms with Crippen LogP contribution in [0.5, 0.6) is 0 Å². The first-order chi connectivity index (χ1) is 11.5. The van der Waals surface area contributed by atoms with Gasteiger partial charge >= 0.3 is 0 Å². The van der Waals surface area contributed by atoms with Crippen molar-refractivity contribution in [2.24, 2.45) is 16.6 Å². The molecule has 1 heterocycles. The lowest BCUT2D eigenvalue weighted by Crippen LogP contribution is -2.49. The van der Waals surface area contributed by atoms with Crippen LogP contribution >= 0.6 is 35.6 Å². The summed E-state index contributed by atoms with van der Waals surface area (Å²) in [4.78, 5) is 20.4. The van der Waals surface area contributed by atoms with Crippen molar-refractivity contribution >= 4 is 53.1 Å². The van der Waals surface area contributed by atoms with Crippen LogP contribution in [0.3, 0.4) is 0 Å². The van der Waals surface area contributed by atoms with Crippen LogP contribution in [0.4, 0.5) is 5.69 Å². The Hall–Kier alpha value is -1.22. The van der Waals surface area contributed by atoms with Gasteiger partial charge in [-0.05, 0) is 30.2 Å². The smallest absolute Gasteiger partial charge is 0.244 e. The zero-order valence-electron chi connectivity index (χ0n) is 14.7. The summed E-state index contributed by atoms with van der Waals surface area (Å²) in [5.74, 6) is 0.826. The Morgan fingerprint density at radius 2 is 1.84 bits per heavy atom. The number of piperazine rings is 1. The van der Waals surface area contributed by atoms with Crippen LogP contribution in [0.2, 0.25) is 5.02 Å². The molecule has 140 valence electrons. The van der Waals surface area contributed by atoms with Gasteiger partial charge < -0.3 is 20.9 Å². The lowest BCUT2D eigenvalue weighted by Gasteiger charge is -2.36. The van der Waals surface area contributed by atoms with E-state index in [0.717, 1.165) is 30.3 Å². The largest absolute Gasteiger partial charge is 0.370 e. The number of amides is 1. The standard InChI is InChI=1S/C17H26ClN5O.HI/c1-13(2)11-20-17(19)21-12-16(24)23-9-7-22(8-10-23)15-5-3-14(18)4-6-15;/h3-6,13H,7-12H2,1-2H3,(H3,19,20,21);1H. The van der Waals surface area contributed by atoms with Crippen LogP contribution < -0.4 is 16.0 Å². The number of aliphatic imine (C=N–C) groups is 1. The van der Waals surface area contributed by atoms with E-state index >= 15 is 0 Å². The molecule has 0 saturated carbocycles. The van der Waals surface area contributed by atoms with Gasteiger partial charge in [-0.15, -0.1) is 24.0 Å². The van der Waals surface area contributed by atoms with Gasteiger partial charge in [0.05, 0.1) is 0 Å². The van der Waals surface area contributed by atoms with Crippen molar-refractivity contribution < 1.29 is 4.79 Å². The predicted octanol–water partition coefficient (Wildman–Crippen LogP) is 2.17. The van der Waals surface area contributed by atoms with Crippen LogP contribution in [0.25, 0.3) is 0 Å². The molecular formula is C17H27ClIN5O. The van der Waals surface area contributed by atoms with Crippen LogP contribution in [-0.4, -0.2) is 56.0 Å². The number of anilines is 1. The first-order valence-corrected chi connectivity index (χ1v) is 8.65. The Morgan fingerprint density at radius 1 is 1.24 bits per heavy atom. The number of halogens is 2. The average molecular weight is 480 g/mol. The fourth-order valence-corrected chi connectivity index (χ4v) is 2.61. The summed E-state index contributed by atoms with van der Waals surface area (Å²) in [5, 5.41) is 3.74. The summed E-state index contributed by atoms with van der Waals surface area (Å²) in [5.41, 5.74) is 6.89. The van der Waals surface area contributed by atoms with E-state index in [1.54, 1.807) is 0 Å². The van der Waals surface area contributed by atoms with Gasteiger partial charge in [-0.2, -0.15) is 0 Å². The molecule has 25 heavy (non-hydrogen) atoms. The third kappa shape index (κ3) is 7.27. The van der Waals surface area contributed by atoms with Gasteiger partial charge in [0.1, 0.15) is 6.54 Å². The Labute approximate surface area is 171 Å². The monoisotopic (exact) mass is 479 g/mol. The quantitative estimate of drug-likeness (QED) is 0.386. The number of guanidine groups is 1. The molecule has 1 amide bonds. The van der Waals surface area contributed by atoms with Crippen LogP contribution in [0, 0.1) is 5.92 Å². The van der Waals surface area contributed by atoms with Crippen molar-refractivity contribution in [1.29, 1.82) is 0 Å². The molecule has 1 fully saturated rings. The maximum atomic E-state index is 12.2. The second-order valence-corrected chi connectivity index (χ2v) is 6.76. The van der Waals surface area contributed by atoms with Gasteiger partial charge in [-0.3, -0.25) is 4.79 Å². The minimum Gasteiger partial charge on any atom is -0.370 e. The van der Waals surface area contributed by atoms with Crippen molar-refractivity contribution in [3.05, 3.63) is 29.3 Å². The molecule has 3 N–H and O–H groups in total. The second-order valence-electron chi connectivity index (χ2n) is 6.32. The van der Waals surface area contributed by atoms with Crippen molar-refractivity contribution in [3.8, 4) is 0 Å². The van der Waals surface area contributed by atoms with Crippen molar-refractivity contribution in [1.82, 2.24) is 10.2 Å². The summed E-state index contributed by atoms with van der Waals surface area (Å²) in [6, 6.07) is 7.78. The Bertz CT molecular complexity index is 571. The van der Waals surface area contributed by atoms with E-state index < -0.39 is 0 Å². The van der Waals surface area contributed by atoms with Gasteiger partial charge in [0, 0.05) is 43.4 Å². The molecule has 1 aromatic rings. The fourth-order valence-electron chi connectivity index (χ4n) is 2.48. The van der Waals surface area contributed by atoms with Crippen molar-refractivity contribution in [2.75, 3.05) is 44.2 Å². The number of nitrogens with two attached hydrogens (primary N) is 1. The molecule has 0 aromatic heterocycles. The van der Waals surface area contributed by atoms with Gasteiger partial charge in [-0.25, -0.2) is 4.99 Å². The molecule has 8 heteroatoms. The van der Waals surface area contributed by atoms with E-state index in [9.17, 15) is 4.79 Å². The maximum Gasteiger partial charge on any atom is 0.244 e. The molecule has 1 aliphatic heterocycles. The summed E-state index contributed by atoms with van der Waals surface area (Å²) in [6.07, 6.45) is 0. The van der Waals surface area contributed by atoms with Gasteiger partial charge in [0.2, 0.25) is 5.91 Å². The molecule has 0 unspecified atom stereocenters. The number of nitrogens with one attached hydrogen (secondary N) is 1. The molecule has 6 nitrogen and oxygen atoms in total. The third-order valence-electron chi connectivity index (χ3n) is 3.90. The van der Waals surface area contributed by atoms with Gasteiger partial charge in [0.15, 0.2) is 5.96 Å². The summed E-state index contributed by atoms with van der Waals surface area (Å²) >= 11 is 5.92. The Morgan fingerprint density at radius 3 is 2.40 bits per heavy atom. The Kier molecular flexibility index (Phi) is 9.34. The van der Waals surface area contributed by atoms with Crippen LogP contribution in [0.15, 0.2) is 29.3 Å². The lowest BCUT2D eigenvalue weighted by molar-refractivity contribution is -0.129. The molecule has 2 rings (SSSR count). The summed E-state index contributed by atoms with van der Waals surface area (Å²) < 4.78 is 0. The van der Waals surface area contributed by atoms with E-state index in [-0.39, 0.29) is 36.4 Å². The molecule has 0 spiro atoms. The number of rotatable bonds is 5. The highest BCUT2D eigenvalue weighted by Gasteiger charge is 2.20. The van der Waals surface area contributed by atoms with Crippen molar-refractivity contribution in [2.45, 2.75) is 13.8 Å². The molecule has 1 aliphatic rings. The maximum absolute atomic E-state index is 12.2. The zero-order chi connectivity index (χ0) is 17.5. The topological polar surface area (TPSA) is 74.0 Å².